The number of benzene rings is 4. The molecule has 0 N–H and O–H groups in total. The predicted molar refractivity (Wildman–Crippen MR) is 165 cm³/mol. The molecular formula is C37H40IrN-. The van der Waals surface area contributed by atoms with E-state index < -0.39 is 0 Å². The van der Waals surface area contributed by atoms with Crippen LogP contribution in [0, 0.1) is 6.07 Å². The predicted octanol–water partition coefficient (Wildman–Crippen LogP) is 10.4. The number of nitrogens with zero attached hydrogens (tertiary/aromatic N) is 1. The molecule has 0 unspecified atom stereocenters. The summed E-state index contributed by atoms with van der Waals surface area (Å²) in [5, 5.41) is 4.99. The zero-order valence-electron chi connectivity index (χ0n) is 24.8. The number of fused-ring (bicyclic) bond motifs is 3. The number of rotatable bonds is 2. The zero-order valence-corrected chi connectivity index (χ0v) is 27.2. The number of hydrogen-bond acceptors (Lipinski definition) is 1. The quantitative estimate of drug-likeness (QED) is 0.133. The molecule has 0 saturated heterocycles. The Balaban J connectivity index is 0.00000353. The molecule has 1 radical (unpaired) electrons. The number of aromatic nitrogens is 1. The van der Waals surface area contributed by atoms with E-state index in [0.717, 1.165) is 11.3 Å². The van der Waals surface area contributed by atoms with Crippen LogP contribution in [0.2, 0.25) is 0 Å². The normalized spacial score (nSPS) is 12.5. The van der Waals surface area contributed by atoms with Gasteiger partial charge in [-0.1, -0.05) is 128 Å². The Morgan fingerprint density at radius 3 is 1.77 bits per heavy atom. The van der Waals surface area contributed by atoms with Crippen molar-refractivity contribution >= 4 is 21.5 Å². The van der Waals surface area contributed by atoms with Crippen molar-refractivity contribution < 1.29 is 20.1 Å². The van der Waals surface area contributed by atoms with Crippen LogP contribution in [0.3, 0.4) is 0 Å². The fraction of sp³-hybridized carbons (Fsp3) is 0.324. The fourth-order valence-corrected chi connectivity index (χ4v) is 5.03. The molecule has 0 aliphatic rings. The van der Waals surface area contributed by atoms with Gasteiger partial charge in [-0.2, -0.15) is 0 Å². The molecule has 0 fully saturated rings. The van der Waals surface area contributed by atoms with E-state index in [4.69, 9.17) is 4.98 Å². The second-order valence-electron chi connectivity index (χ2n) is 13.8. The summed E-state index contributed by atoms with van der Waals surface area (Å²) < 4.78 is 0. The zero-order chi connectivity index (χ0) is 27.5. The van der Waals surface area contributed by atoms with Gasteiger partial charge in [0.25, 0.3) is 0 Å². The van der Waals surface area contributed by atoms with Crippen LogP contribution in [0.15, 0.2) is 79.0 Å². The summed E-state index contributed by atoms with van der Waals surface area (Å²) >= 11 is 0. The minimum Gasteiger partial charge on any atom is -0.305 e. The van der Waals surface area contributed by atoms with E-state index in [1.165, 1.54) is 49.4 Å². The van der Waals surface area contributed by atoms with Crippen molar-refractivity contribution in [1.29, 1.82) is 0 Å². The Hall–Kier alpha value is -2.80. The molecule has 39 heavy (non-hydrogen) atoms. The van der Waals surface area contributed by atoms with E-state index in [1.807, 2.05) is 6.20 Å². The van der Waals surface area contributed by atoms with Gasteiger partial charge >= 0.3 is 0 Å². The van der Waals surface area contributed by atoms with Crippen molar-refractivity contribution in [1.82, 2.24) is 4.98 Å². The molecule has 1 aromatic heterocycles. The molecule has 0 saturated carbocycles. The average Bonchev–Trinajstić information content (AvgIpc) is 2.86. The van der Waals surface area contributed by atoms with Crippen molar-refractivity contribution in [2.75, 3.05) is 0 Å². The third-order valence-corrected chi connectivity index (χ3v) is 7.67. The first-order valence-electron chi connectivity index (χ1n) is 13.7. The van der Waals surface area contributed by atoms with Crippen LogP contribution in [-0.2, 0) is 36.4 Å². The standard InChI is InChI=1S/C37H40N.Ir/c1-35(2,3)29-14-15-32-26(18-29)12-10-24-11-13-27(21-33(24)32)34-22-25(16-17-38-34)28-19-30(36(4,5)6)23-31(20-28)37(7,8)9;/h10-12,14-23H,1-9H3;/q-1;. The smallest absolute Gasteiger partial charge is 0.0166 e. The third-order valence-electron chi connectivity index (χ3n) is 7.67. The van der Waals surface area contributed by atoms with E-state index in [0.29, 0.717) is 0 Å². The number of pyridine rings is 1. The van der Waals surface area contributed by atoms with Gasteiger partial charge in [0.15, 0.2) is 0 Å². The molecule has 0 atom stereocenters. The van der Waals surface area contributed by atoms with Gasteiger partial charge in [-0.15, -0.1) is 23.8 Å². The summed E-state index contributed by atoms with van der Waals surface area (Å²) in [5.41, 5.74) is 8.75. The van der Waals surface area contributed by atoms with Gasteiger partial charge in [-0.25, -0.2) is 0 Å². The second kappa shape index (κ2) is 10.3. The first-order chi connectivity index (χ1) is 17.7. The van der Waals surface area contributed by atoms with Crippen LogP contribution in [0.4, 0.5) is 0 Å². The van der Waals surface area contributed by atoms with Crippen LogP contribution in [0.25, 0.3) is 43.9 Å². The minimum absolute atomic E-state index is 0. The molecule has 4 aromatic carbocycles. The first-order valence-corrected chi connectivity index (χ1v) is 13.7. The summed E-state index contributed by atoms with van der Waals surface area (Å²) in [4.78, 5) is 4.78. The molecule has 0 aliphatic heterocycles. The molecular weight excluding hydrogens is 651 g/mol. The van der Waals surface area contributed by atoms with Crippen molar-refractivity contribution in [2.45, 2.75) is 78.6 Å². The Morgan fingerprint density at radius 1 is 0.538 bits per heavy atom. The van der Waals surface area contributed by atoms with Gasteiger partial charge in [0.1, 0.15) is 0 Å². The first kappa shape index (κ1) is 29.2. The van der Waals surface area contributed by atoms with E-state index >= 15 is 0 Å². The SMILES string of the molecule is CC(C)(C)c1cc(-c2ccnc(-c3[c-]cc4ccc5cc(C(C)(C)C)ccc5c4c3)c2)cc(C(C)(C)C)c1.[Ir]. The maximum Gasteiger partial charge on any atom is 0.0166 e. The Morgan fingerprint density at radius 2 is 1.15 bits per heavy atom. The van der Waals surface area contributed by atoms with Gasteiger partial charge in [0, 0.05) is 26.3 Å². The van der Waals surface area contributed by atoms with Crippen molar-refractivity contribution in [3.63, 3.8) is 0 Å². The summed E-state index contributed by atoms with van der Waals surface area (Å²) in [6, 6.07) is 30.6. The van der Waals surface area contributed by atoms with Gasteiger partial charge in [-0.3, -0.25) is 0 Å². The molecule has 0 spiro atoms. The van der Waals surface area contributed by atoms with E-state index in [1.54, 1.807) is 0 Å². The molecule has 0 bridgehead atoms. The largest absolute Gasteiger partial charge is 0.305 e. The van der Waals surface area contributed by atoms with E-state index in [-0.39, 0.29) is 36.4 Å². The monoisotopic (exact) mass is 691 g/mol. The Bertz CT molecular complexity index is 1620. The Kier molecular flexibility index (Phi) is 7.71. The minimum atomic E-state index is 0. The maximum absolute atomic E-state index is 4.78. The maximum atomic E-state index is 4.78. The average molecular weight is 691 g/mol. The molecule has 5 aromatic rings. The molecule has 1 nitrogen and oxygen atoms in total. The summed E-state index contributed by atoms with van der Waals surface area (Å²) in [6.45, 7) is 20.5. The molecule has 1 heterocycles. The topological polar surface area (TPSA) is 12.9 Å². The number of hydrogen-bond donors (Lipinski definition) is 0. The van der Waals surface area contributed by atoms with E-state index in [2.05, 4.69) is 141 Å². The van der Waals surface area contributed by atoms with Crippen molar-refractivity contribution in [2.24, 2.45) is 0 Å². The van der Waals surface area contributed by atoms with Gasteiger partial charge in [0.2, 0.25) is 0 Å². The summed E-state index contributed by atoms with van der Waals surface area (Å²) in [5.74, 6) is 0. The fourth-order valence-electron chi connectivity index (χ4n) is 5.03. The van der Waals surface area contributed by atoms with Crippen LogP contribution in [0.1, 0.15) is 79.0 Å². The molecule has 2 heteroatoms. The van der Waals surface area contributed by atoms with Crippen molar-refractivity contribution in [3.05, 3.63) is 102 Å². The molecule has 5 rings (SSSR count). The van der Waals surface area contributed by atoms with Crippen LogP contribution in [0.5, 0.6) is 0 Å². The summed E-state index contributed by atoms with van der Waals surface area (Å²) in [7, 11) is 0. The van der Waals surface area contributed by atoms with Crippen molar-refractivity contribution in [3.8, 4) is 22.4 Å². The third kappa shape index (κ3) is 6.03. The summed E-state index contributed by atoms with van der Waals surface area (Å²) in [6.07, 6.45) is 1.93. The Labute approximate surface area is 248 Å². The second-order valence-corrected chi connectivity index (χ2v) is 13.8. The van der Waals surface area contributed by atoms with E-state index in [9.17, 15) is 0 Å². The van der Waals surface area contributed by atoms with Crippen LogP contribution >= 0.6 is 0 Å². The van der Waals surface area contributed by atoms with Crippen LogP contribution in [-0.4, -0.2) is 4.98 Å². The molecule has 203 valence electrons. The molecule has 0 aliphatic carbocycles. The van der Waals surface area contributed by atoms with Gasteiger partial charge in [-0.05, 0) is 66.6 Å². The molecule has 0 amide bonds. The van der Waals surface area contributed by atoms with Gasteiger partial charge < -0.3 is 4.98 Å². The van der Waals surface area contributed by atoms with Crippen LogP contribution < -0.4 is 0 Å². The van der Waals surface area contributed by atoms with Gasteiger partial charge in [0.05, 0.1) is 0 Å².